The van der Waals surface area contributed by atoms with Gasteiger partial charge in [-0.1, -0.05) is 13.0 Å². The van der Waals surface area contributed by atoms with Crippen molar-refractivity contribution in [1.82, 2.24) is 9.88 Å². The molecule has 0 amide bonds. The maximum Gasteiger partial charge on any atom is 0.419 e. The van der Waals surface area contributed by atoms with Crippen LogP contribution in [0.25, 0.3) is 11.1 Å². The molecule has 0 radical (unpaired) electrons. The van der Waals surface area contributed by atoms with Crippen molar-refractivity contribution < 1.29 is 9.52 Å². The van der Waals surface area contributed by atoms with Gasteiger partial charge >= 0.3 is 5.76 Å². The van der Waals surface area contributed by atoms with Gasteiger partial charge in [0, 0.05) is 19.6 Å². The normalized spacial score (nSPS) is 12.2. The second-order valence-corrected chi connectivity index (χ2v) is 5.66. The molecular weight excluding hydrogens is 256 g/mol. The van der Waals surface area contributed by atoms with E-state index in [1.165, 1.54) is 5.56 Å². The first-order valence-electron chi connectivity index (χ1n) is 6.96. The Bertz CT molecular complexity index is 635. The highest BCUT2D eigenvalue weighted by Gasteiger charge is 2.12. The number of nitrogens with zero attached hydrogens (tertiary/aromatic N) is 1. The van der Waals surface area contributed by atoms with E-state index in [-0.39, 0.29) is 5.76 Å². The highest BCUT2D eigenvalue weighted by atomic mass is 16.4. The van der Waals surface area contributed by atoms with Crippen molar-refractivity contribution in [3.8, 4) is 0 Å². The van der Waals surface area contributed by atoms with E-state index >= 15 is 0 Å². The molecular formula is C15H22N2O3. The number of nitrogens with one attached hydrogen (secondary N) is 1. The second kappa shape index (κ2) is 5.81. The molecule has 1 heterocycles. The number of rotatable bonds is 6. The molecule has 0 aliphatic rings. The third kappa shape index (κ3) is 3.49. The van der Waals surface area contributed by atoms with Crippen molar-refractivity contribution in [3.05, 3.63) is 34.3 Å². The Morgan fingerprint density at radius 1 is 1.40 bits per heavy atom. The third-order valence-corrected chi connectivity index (χ3v) is 3.21. The van der Waals surface area contributed by atoms with Gasteiger partial charge in [-0.25, -0.2) is 4.79 Å². The molecule has 2 aromatic rings. The van der Waals surface area contributed by atoms with Gasteiger partial charge in [-0.2, -0.15) is 0 Å². The average Bonchev–Trinajstić information content (AvgIpc) is 2.68. The lowest BCUT2D eigenvalue weighted by atomic mass is 10.1. The van der Waals surface area contributed by atoms with Crippen LogP contribution in [-0.4, -0.2) is 28.4 Å². The molecule has 0 fully saturated rings. The number of fused-ring (bicyclic) bond motifs is 1. The Morgan fingerprint density at radius 2 is 2.15 bits per heavy atom. The van der Waals surface area contributed by atoms with Crippen molar-refractivity contribution >= 4 is 11.1 Å². The molecule has 0 atom stereocenters. The minimum atomic E-state index is -0.751. The Kier molecular flexibility index (Phi) is 4.30. The standard InChI is InChI=1S/C15H22N2O3/c1-4-11-5-6-13-12(9-11)17(14(18)20-13)8-7-16-10-15(2,3)19/h5-6,9,16,19H,4,7-8,10H2,1-3H3. The van der Waals surface area contributed by atoms with Crippen LogP contribution >= 0.6 is 0 Å². The van der Waals surface area contributed by atoms with Crippen LogP contribution in [0.4, 0.5) is 0 Å². The molecule has 2 rings (SSSR count). The fourth-order valence-electron chi connectivity index (χ4n) is 2.12. The van der Waals surface area contributed by atoms with E-state index in [9.17, 15) is 9.90 Å². The number of oxazole rings is 1. The Balaban J connectivity index is 2.13. The average molecular weight is 278 g/mol. The minimum Gasteiger partial charge on any atom is -0.408 e. The van der Waals surface area contributed by atoms with Crippen molar-refractivity contribution in [3.63, 3.8) is 0 Å². The molecule has 5 heteroatoms. The van der Waals surface area contributed by atoms with E-state index in [4.69, 9.17) is 4.42 Å². The highest BCUT2D eigenvalue weighted by molar-refractivity contribution is 5.73. The van der Waals surface area contributed by atoms with Gasteiger partial charge in [-0.3, -0.25) is 4.57 Å². The van der Waals surface area contributed by atoms with Gasteiger partial charge in [0.15, 0.2) is 5.58 Å². The molecule has 1 aromatic heterocycles. The summed E-state index contributed by atoms with van der Waals surface area (Å²) >= 11 is 0. The monoisotopic (exact) mass is 278 g/mol. The number of aryl methyl sites for hydroxylation is 1. The SMILES string of the molecule is CCc1ccc2oc(=O)n(CCNCC(C)(C)O)c2c1. The lowest BCUT2D eigenvalue weighted by molar-refractivity contribution is 0.0797. The van der Waals surface area contributed by atoms with Crippen LogP contribution in [0.1, 0.15) is 26.3 Å². The predicted octanol–water partition coefficient (Wildman–Crippen LogP) is 1.52. The first-order valence-corrected chi connectivity index (χ1v) is 6.96. The zero-order chi connectivity index (χ0) is 14.8. The van der Waals surface area contributed by atoms with Gasteiger partial charge in [-0.05, 0) is 38.0 Å². The molecule has 0 aliphatic carbocycles. The first-order chi connectivity index (χ1) is 9.40. The number of aliphatic hydroxyl groups is 1. The Morgan fingerprint density at radius 3 is 2.80 bits per heavy atom. The second-order valence-electron chi connectivity index (χ2n) is 5.66. The zero-order valence-corrected chi connectivity index (χ0v) is 12.3. The quantitative estimate of drug-likeness (QED) is 0.786. The molecule has 1 aromatic carbocycles. The topological polar surface area (TPSA) is 67.4 Å². The van der Waals surface area contributed by atoms with E-state index in [0.717, 1.165) is 11.9 Å². The number of hydrogen-bond acceptors (Lipinski definition) is 4. The summed E-state index contributed by atoms with van der Waals surface area (Å²) in [7, 11) is 0. The summed E-state index contributed by atoms with van der Waals surface area (Å²) in [5, 5.41) is 12.8. The summed E-state index contributed by atoms with van der Waals surface area (Å²) < 4.78 is 6.86. The largest absolute Gasteiger partial charge is 0.419 e. The van der Waals surface area contributed by atoms with Gasteiger partial charge in [0.2, 0.25) is 0 Å². The van der Waals surface area contributed by atoms with Crippen LogP contribution in [0.2, 0.25) is 0 Å². The summed E-state index contributed by atoms with van der Waals surface area (Å²) in [6.07, 6.45) is 0.923. The van der Waals surface area contributed by atoms with E-state index in [0.29, 0.717) is 25.2 Å². The molecule has 0 saturated heterocycles. The van der Waals surface area contributed by atoms with Gasteiger partial charge in [0.1, 0.15) is 0 Å². The van der Waals surface area contributed by atoms with Crippen LogP contribution in [0.15, 0.2) is 27.4 Å². The molecule has 0 aliphatic heterocycles. The Labute approximate surface area is 118 Å². The molecule has 0 spiro atoms. The first kappa shape index (κ1) is 14.8. The summed E-state index contributed by atoms with van der Waals surface area (Å²) in [6.45, 7) is 7.18. The number of hydrogen-bond donors (Lipinski definition) is 2. The molecule has 5 nitrogen and oxygen atoms in total. The van der Waals surface area contributed by atoms with Gasteiger partial charge < -0.3 is 14.8 Å². The molecule has 0 saturated carbocycles. The van der Waals surface area contributed by atoms with Gasteiger partial charge in [0.25, 0.3) is 0 Å². The maximum atomic E-state index is 11.8. The summed E-state index contributed by atoms with van der Waals surface area (Å²) in [5.41, 5.74) is 1.88. The zero-order valence-electron chi connectivity index (χ0n) is 12.3. The highest BCUT2D eigenvalue weighted by Crippen LogP contribution is 2.15. The molecule has 0 bridgehead atoms. The lowest BCUT2D eigenvalue weighted by Gasteiger charge is -2.17. The van der Waals surface area contributed by atoms with Crippen LogP contribution in [-0.2, 0) is 13.0 Å². The van der Waals surface area contributed by atoms with Crippen LogP contribution in [0.3, 0.4) is 0 Å². The molecule has 0 unspecified atom stereocenters. The third-order valence-electron chi connectivity index (χ3n) is 3.21. The Hall–Kier alpha value is -1.59. The van der Waals surface area contributed by atoms with E-state index in [2.05, 4.69) is 12.2 Å². The summed E-state index contributed by atoms with van der Waals surface area (Å²) in [6, 6.07) is 5.81. The van der Waals surface area contributed by atoms with E-state index in [1.54, 1.807) is 18.4 Å². The molecule has 2 N–H and O–H groups in total. The van der Waals surface area contributed by atoms with Crippen molar-refractivity contribution in [2.75, 3.05) is 13.1 Å². The van der Waals surface area contributed by atoms with Gasteiger partial charge in [0.05, 0.1) is 11.1 Å². The fourth-order valence-corrected chi connectivity index (χ4v) is 2.12. The molecule has 20 heavy (non-hydrogen) atoms. The van der Waals surface area contributed by atoms with Crippen molar-refractivity contribution in [2.45, 2.75) is 39.3 Å². The van der Waals surface area contributed by atoms with Crippen LogP contribution in [0.5, 0.6) is 0 Å². The predicted molar refractivity (Wildman–Crippen MR) is 79.0 cm³/mol. The van der Waals surface area contributed by atoms with Gasteiger partial charge in [-0.15, -0.1) is 0 Å². The van der Waals surface area contributed by atoms with Crippen molar-refractivity contribution in [2.24, 2.45) is 0 Å². The fraction of sp³-hybridized carbons (Fsp3) is 0.533. The van der Waals surface area contributed by atoms with E-state index < -0.39 is 5.60 Å². The van der Waals surface area contributed by atoms with Crippen LogP contribution in [0, 0.1) is 0 Å². The smallest absolute Gasteiger partial charge is 0.408 e. The number of benzene rings is 1. The summed E-state index contributed by atoms with van der Waals surface area (Å²) in [5.74, 6) is -0.335. The molecule has 110 valence electrons. The van der Waals surface area contributed by atoms with Crippen molar-refractivity contribution in [1.29, 1.82) is 0 Å². The minimum absolute atomic E-state index is 0.335. The van der Waals surface area contributed by atoms with E-state index in [1.807, 2.05) is 18.2 Å². The summed E-state index contributed by atoms with van der Waals surface area (Å²) in [4.78, 5) is 11.8. The lowest BCUT2D eigenvalue weighted by Crippen LogP contribution is -2.36. The maximum absolute atomic E-state index is 11.8. The van der Waals surface area contributed by atoms with Crippen LogP contribution < -0.4 is 11.1 Å². The number of aromatic nitrogens is 1.